The fraction of sp³-hybridized carbons (Fsp3) is 0.316. The van der Waals surface area contributed by atoms with Crippen LogP contribution < -0.4 is 0 Å². The van der Waals surface area contributed by atoms with E-state index in [0.717, 1.165) is 26.7 Å². The molecule has 1 nitrogen and oxygen atoms in total. The van der Waals surface area contributed by atoms with Crippen LogP contribution >= 0.6 is 15.9 Å². The predicted octanol–water partition coefficient (Wildman–Crippen LogP) is 5.42. The van der Waals surface area contributed by atoms with Gasteiger partial charge >= 0.3 is 0 Å². The van der Waals surface area contributed by atoms with Crippen LogP contribution in [0.15, 0.2) is 28.7 Å². The summed E-state index contributed by atoms with van der Waals surface area (Å²) in [4.78, 5) is 12.8. The molecule has 0 unspecified atom stereocenters. The van der Waals surface area contributed by atoms with E-state index in [4.69, 9.17) is 0 Å². The summed E-state index contributed by atoms with van der Waals surface area (Å²) in [6.45, 7) is 10.5. The molecule has 21 heavy (non-hydrogen) atoms. The van der Waals surface area contributed by atoms with E-state index in [9.17, 15) is 4.79 Å². The summed E-state index contributed by atoms with van der Waals surface area (Å²) in [6.07, 6.45) is 0.447. The first-order valence-corrected chi connectivity index (χ1v) is 7.96. The van der Waals surface area contributed by atoms with Gasteiger partial charge in [0, 0.05) is 16.5 Å². The molecule has 0 radical (unpaired) electrons. The molecule has 0 bridgehead atoms. The van der Waals surface area contributed by atoms with E-state index >= 15 is 0 Å². The Morgan fingerprint density at radius 2 is 1.43 bits per heavy atom. The maximum Gasteiger partial charge on any atom is 0.167 e. The lowest BCUT2D eigenvalue weighted by Gasteiger charge is -2.18. The fourth-order valence-corrected chi connectivity index (χ4v) is 3.29. The minimum absolute atomic E-state index is 0.203. The molecule has 0 saturated heterocycles. The molecule has 0 fully saturated rings. The van der Waals surface area contributed by atoms with Crippen molar-refractivity contribution in [1.29, 1.82) is 0 Å². The number of rotatable bonds is 3. The van der Waals surface area contributed by atoms with Crippen LogP contribution in [0.25, 0.3) is 0 Å². The zero-order valence-corrected chi connectivity index (χ0v) is 14.9. The molecule has 2 aromatic carbocycles. The second-order valence-electron chi connectivity index (χ2n) is 5.73. The zero-order chi connectivity index (χ0) is 15.7. The highest BCUT2D eigenvalue weighted by molar-refractivity contribution is 9.10. The Kier molecular flexibility index (Phi) is 4.67. The molecule has 0 heterocycles. The third kappa shape index (κ3) is 3.11. The molecule has 0 aliphatic carbocycles. The Hall–Kier alpha value is -1.41. The lowest BCUT2D eigenvalue weighted by molar-refractivity contribution is 0.0991. The van der Waals surface area contributed by atoms with E-state index < -0.39 is 0 Å². The van der Waals surface area contributed by atoms with Gasteiger partial charge in [-0.3, -0.25) is 4.79 Å². The van der Waals surface area contributed by atoms with Gasteiger partial charge < -0.3 is 0 Å². The van der Waals surface area contributed by atoms with Crippen molar-refractivity contribution < 1.29 is 4.79 Å². The third-order valence-electron chi connectivity index (χ3n) is 4.53. The molecular formula is C19H21BrO. The van der Waals surface area contributed by atoms with Crippen molar-refractivity contribution in [2.75, 3.05) is 0 Å². The van der Waals surface area contributed by atoms with Gasteiger partial charge in [0.2, 0.25) is 0 Å². The molecule has 0 N–H and O–H groups in total. The lowest BCUT2D eigenvalue weighted by Crippen LogP contribution is -2.11. The average molecular weight is 345 g/mol. The number of carbonyl (C=O) groups is 1. The van der Waals surface area contributed by atoms with Crippen molar-refractivity contribution in [2.24, 2.45) is 0 Å². The highest BCUT2D eigenvalue weighted by atomic mass is 79.9. The van der Waals surface area contributed by atoms with Gasteiger partial charge in [-0.15, -0.1) is 0 Å². The van der Waals surface area contributed by atoms with Crippen LogP contribution in [0.1, 0.15) is 43.7 Å². The summed E-state index contributed by atoms with van der Waals surface area (Å²) in [7, 11) is 0. The van der Waals surface area contributed by atoms with Gasteiger partial charge in [0.25, 0.3) is 0 Å². The Morgan fingerprint density at radius 1 is 0.905 bits per heavy atom. The summed E-state index contributed by atoms with van der Waals surface area (Å²) < 4.78 is 1.01. The first-order chi connectivity index (χ1) is 9.82. The van der Waals surface area contributed by atoms with E-state index in [1.54, 1.807) is 0 Å². The van der Waals surface area contributed by atoms with E-state index in [0.29, 0.717) is 6.42 Å². The maximum absolute atomic E-state index is 12.8. The summed E-state index contributed by atoms with van der Waals surface area (Å²) in [5.74, 6) is 0.203. The smallest absolute Gasteiger partial charge is 0.167 e. The van der Waals surface area contributed by atoms with Crippen LogP contribution in [0.2, 0.25) is 0 Å². The van der Waals surface area contributed by atoms with E-state index in [-0.39, 0.29) is 5.78 Å². The number of carbonyl (C=O) groups excluding carboxylic acids is 1. The molecule has 0 aromatic heterocycles. The lowest BCUT2D eigenvalue weighted by atomic mass is 9.86. The van der Waals surface area contributed by atoms with Gasteiger partial charge in [-0.05, 0) is 80.1 Å². The molecule has 0 aliphatic rings. The molecule has 0 spiro atoms. The monoisotopic (exact) mass is 344 g/mol. The SMILES string of the molecule is Cc1c(C)c(C)c(C(=O)Cc2cccc(Br)c2)c(C)c1C. The van der Waals surface area contributed by atoms with Crippen LogP contribution in [0, 0.1) is 34.6 Å². The van der Waals surface area contributed by atoms with Crippen LogP contribution in [0.3, 0.4) is 0 Å². The van der Waals surface area contributed by atoms with Crippen molar-refractivity contribution in [3.8, 4) is 0 Å². The molecule has 2 rings (SSSR count). The first-order valence-electron chi connectivity index (χ1n) is 7.17. The van der Waals surface area contributed by atoms with Crippen molar-refractivity contribution in [3.05, 3.63) is 67.7 Å². The molecule has 2 heteroatoms. The summed E-state index contributed by atoms with van der Waals surface area (Å²) >= 11 is 3.46. The molecule has 0 atom stereocenters. The predicted molar refractivity (Wildman–Crippen MR) is 92.3 cm³/mol. The van der Waals surface area contributed by atoms with E-state index in [1.807, 2.05) is 24.3 Å². The van der Waals surface area contributed by atoms with Crippen LogP contribution in [0.4, 0.5) is 0 Å². The molecule has 0 amide bonds. The average Bonchev–Trinajstić information content (AvgIpc) is 2.43. The second kappa shape index (κ2) is 6.15. The summed E-state index contributed by atoms with van der Waals surface area (Å²) in [6, 6.07) is 7.96. The van der Waals surface area contributed by atoms with Gasteiger partial charge in [-0.25, -0.2) is 0 Å². The maximum atomic E-state index is 12.8. The largest absolute Gasteiger partial charge is 0.294 e. The number of hydrogen-bond acceptors (Lipinski definition) is 1. The first kappa shape index (κ1) is 16.0. The summed E-state index contributed by atoms with van der Waals surface area (Å²) in [5, 5.41) is 0. The van der Waals surface area contributed by atoms with Gasteiger partial charge in [0.05, 0.1) is 0 Å². The Labute approximate surface area is 135 Å². The minimum atomic E-state index is 0.203. The van der Waals surface area contributed by atoms with Crippen molar-refractivity contribution >= 4 is 21.7 Å². The summed E-state index contributed by atoms with van der Waals surface area (Å²) in [5.41, 5.74) is 7.95. The number of Topliss-reactive ketones (excluding diaryl/α,β-unsaturated/α-hetero) is 1. The Balaban J connectivity index is 2.45. The Morgan fingerprint density at radius 3 is 1.95 bits per heavy atom. The van der Waals surface area contributed by atoms with Gasteiger partial charge in [-0.1, -0.05) is 28.1 Å². The standard InChI is InChI=1S/C19H21BrO/c1-11-12(2)14(4)19(15(5)13(11)3)18(21)10-16-7-6-8-17(20)9-16/h6-9H,10H2,1-5H3. The van der Waals surface area contributed by atoms with E-state index in [2.05, 4.69) is 50.5 Å². The molecule has 2 aromatic rings. The highest BCUT2D eigenvalue weighted by Crippen LogP contribution is 2.27. The quantitative estimate of drug-likeness (QED) is 0.679. The minimum Gasteiger partial charge on any atom is -0.294 e. The van der Waals surface area contributed by atoms with Crippen molar-refractivity contribution in [2.45, 2.75) is 41.0 Å². The normalized spacial score (nSPS) is 10.8. The molecule has 110 valence electrons. The number of halogens is 1. The van der Waals surface area contributed by atoms with Gasteiger partial charge in [0.15, 0.2) is 5.78 Å². The fourth-order valence-electron chi connectivity index (χ4n) is 2.84. The molecule has 0 saturated carbocycles. The van der Waals surface area contributed by atoms with Crippen molar-refractivity contribution in [1.82, 2.24) is 0 Å². The van der Waals surface area contributed by atoms with Gasteiger partial charge in [-0.2, -0.15) is 0 Å². The van der Waals surface area contributed by atoms with Gasteiger partial charge in [0.1, 0.15) is 0 Å². The topological polar surface area (TPSA) is 17.1 Å². The van der Waals surface area contributed by atoms with Crippen LogP contribution in [0.5, 0.6) is 0 Å². The van der Waals surface area contributed by atoms with Crippen LogP contribution in [-0.4, -0.2) is 5.78 Å². The number of hydrogen-bond donors (Lipinski definition) is 0. The van der Waals surface area contributed by atoms with Crippen LogP contribution in [-0.2, 0) is 6.42 Å². The Bertz CT molecular complexity index is 685. The molecular weight excluding hydrogens is 324 g/mol. The number of ketones is 1. The number of benzene rings is 2. The van der Waals surface area contributed by atoms with Crippen molar-refractivity contribution in [3.63, 3.8) is 0 Å². The highest BCUT2D eigenvalue weighted by Gasteiger charge is 2.18. The van der Waals surface area contributed by atoms with E-state index in [1.165, 1.54) is 16.7 Å². The zero-order valence-electron chi connectivity index (χ0n) is 13.3. The third-order valence-corrected chi connectivity index (χ3v) is 5.03. The second-order valence-corrected chi connectivity index (χ2v) is 6.65. The molecule has 0 aliphatic heterocycles.